The molecule has 1 unspecified atom stereocenters. The third-order valence-electron chi connectivity index (χ3n) is 6.21. The van der Waals surface area contributed by atoms with Gasteiger partial charge in [-0.1, -0.05) is 34.6 Å². The normalized spacial score (nSPS) is 12.8. The lowest BCUT2D eigenvalue weighted by Crippen LogP contribution is -2.30. The number of nitrogen functional groups attached to an aromatic ring is 3. The summed E-state index contributed by atoms with van der Waals surface area (Å²) >= 11 is 0. The molecule has 5 nitrogen and oxygen atoms in total. The zero-order valence-corrected chi connectivity index (χ0v) is 17.4. The largest absolute Gasteiger partial charge is 0.462 e. The maximum absolute atomic E-state index is 12.8. The van der Waals surface area contributed by atoms with Crippen molar-refractivity contribution in [1.29, 1.82) is 0 Å². The minimum atomic E-state index is -0.406. The van der Waals surface area contributed by atoms with Crippen molar-refractivity contribution in [1.82, 2.24) is 0 Å². The average Bonchev–Trinajstić information content (AvgIpc) is 2.64. The van der Waals surface area contributed by atoms with E-state index in [2.05, 4.69) is 27.7 Å². The number of esters is 1. The number of nitrogens with two attached hydrogens (primary N) is 3. The summed E-state index contributed by atoms with van der Waals surface area (Å²) in [5.74, 6) is -0.237. The summed E-state index contributed by atoms with van der Waals surface area (Å²) in [7, 11) is 0. The number of carbonyl (C=O) groups excluding carboxylic acids is 1. The number of rotatable bonds is 9. The van der Waals surface area contributed by atoms with Gasteiger partial charge in [-0.05, 0) is 61.5 Å². The van der Waals surface area contributed by atoms with Crippen molar-refractivity contribution in [2.75, 3.05) is 23.8 Å². The van der Waals surface area contributed by atoms with Crippen molar-refractivity contribution in [2.24, 2.45) is 5.41 Å². The first-order valence-corrected chi connectivity index (χ1v) is 9.96. The van der Waals surface area contributed by atoms with Gasteiger partial charge in [0.2, 0.25) is 0 Å². The van der Waals surface area contributed by atoms with Gasteiger partial charge in [0.05, 0.1) is 29.2 Å². The van der Waals surface area contributed by atoms with E-state index >= 15 is 0 Å². The Morgan fingerprint density at radius 1 is 0.923 bits per heavy atom. The second-order valence-corrected chi connectivity index (χ2v) is 6.97. The van der Waals surface area contributed by atoms with Gasteiger partial charge in [-0.15, -0.1) is 0 Å². The van der Waals surface area contributed by atoms with Gasteiger partial charge in [0.1, 0.15) is 0 Å². The molecule has 6 N–H and O–H groups in total. The molecule has 0 saturated carbocycles. The number of benzene rings is 1. The van der Waals surface area contributed by atoms with Gasteiger partial charge in [-0.25, -0.2) is 4.79 Å². The van der Waals surface area contributed by atoms with Crippen molar-refractivity contribution < 1.29 is 9.53 Å². The third-order valence-corrected chi connectivity index (χ3v) is 6.21. The molecule has 0 fully saturated rings. The van der Waals surface area contributed by atoms with E-state index in [-0.39, 0.29) is 17.0 Å². The summed E-state index contributed by atoms with van der Waals surface area (Å²) < 4.78 is 5.34. The van der Waals surface area contributed by atoms with Crippen LogP contribution in [-0.4, -0.2) is 12.6 Å². The molecule has 0 radical (unpaired) electrons. The van der Waals surface area contributed by atoms with E-state index < -0.39 is 5.97 Å². The van der Waals surface area contributed by atoms with E-state index in [9.17, 15) is 4.79 Å². The second-order valence-electron chi connectivity index (χ2n) is 6.97. The van der Waals surface area contributed by atoms with Gasteiger partial charge in [-0.3, -0.25) is 0 Å². The van der Waals surface area contributed by atoms with Crippen LogP contribution in [0.25, 0.3) is 0 Å². The van der Waals surface area contributed by atoms with Crippen LogP contribution in [0.5, 0.6) is 0 Å². The number of carbonyl (C=O) groups is 1. The Balaban J connectivity index is 3.94. The van der Waals surface area contributed by atoms with Crippen LogP contribution in [0.3, 0.4) is 0 Å². The molecule has 0 heterocycles. The predicted octanol–water partition coefficient (Wildman–Crippen LogP) is 4.88. The average molecular weight is 364 g/mol. The van der Waals surface area contributed by atoms with Crippen LogP contribution >= 0.6 is 0 Å². The Morgan fingerprint density at radius 2 is 1.46 bits per heavy atom. The van der Waals surface area contributed by atoms with Gasteiger partial charge >= 0.3 is 5.97 Å². The van der Waals surface area contributed by atoms with Crippen LogP contribution < -0.4 is 17.2 Å². The van der Waals surface area contributed by atoms with Crippen LogP contribution in [-0.2, 0) is 11.2 Å². The molecule has 1 atom stereocenters. The van der Waals surface area contributed by atoms with Gasteiger partial charge in [0.15, 0.2) is 0 Å². The molecule has 0 aromatic heterocycles. The highest BCUT2D eigenvalue weighted by atomic mass is 16.5. The molecule has 26 heavy (non-hydrogen) atoms. The van der Waals surface area contributed by atoms with Gasteiger partial charge < -0.3 is 21.9 Å². The molecular formula is C21H37N3O2. The molecule has 0 amide bonds. The molecule has 5 heteroatoms. The molecule has 0 aliphatic heterocycles. The molecule has 0 aliphatic rings. The number of hydrogen-bond acceptors (Lipinski definition) is 5. The van der Waals surface area contributed by atoms with Gasteiger partial charge in [-0.2, -0.15) is 0 Å². The van der Waals surface area contributed by atoms with Crippen LogP contribution in [0.4, 0.5) is 17.1 Å². The second kappa shape index (κ2) is 9.15. The molecule has 148 valence electrons. The summed E-state index contributed by atoms with van der Waals surface area (Å²) in [6.45, 7) is 12.9. The lowest BCUT2D eigenvalue weighted by atomic mass is 9.63. The predicted molar refractivity (Wildman–Crippen MR) is 111 cm³/mol. The molecule has 0 spiro atoms. The van der Waals surface area contributed by atoms with Crippen molar-refractivity contribution in [3.05, 3.63) is 16.7 Å². The lowest BCUT2D eigenvalue weighted by molar-refractivity contribution is 0.0523. The Bertz CT molecular complexity index is 629. The first-order valence-electron chi connectivity index (χ1n) is 9.96. The molecule has 1 aromatic rings. The third kappa shape index (κ3) is 3.62. The van der Waals surface area contributed by atoms with E-state index in [0.29, 0.717) is 30.0 Å². The van der Waals surface area contributed by atoms with E-state index in [1.54, 1.807) is 6.92 Å². The zero-order valence-electron chi connectivity index (χ0n) is 17.4. The molecule has 0 aliphatic carbocycles. The highest BCUT2D eigenvalue weighted by molar-refractivity contribution is 6.03. The first kappa shape index (κ1) is 22.1. The summed E-state index contributed by atoms with van der Waals surface area (Å²) in [5, 5.41) is 0. The van der Waals surface area contributed by atoms with E-state index in [1.807, 2.05) is 6.92 Å². The number of ether oxygens (including phenoxy) is 1. The minimum absolute atomic E-state index is 0.0783. The zero-order chi connectivity index (χ0) is 20.1. The topological polar surface area (TPSA) is 104 Å². The quantitative estimate of drug-likeness (QED) is 0.428. The Labute approximate surface area is 158 Å². The lowest BCUT2D eigenvalue weighted by Gasteiger charge is -2.41. The monoisotopic (exact) mass is 363 g/mol. The van der Waals surface area contributed by atoms with Crippen LogP contribution in [0.1, 0.15) is 94.6 Å². The Kier molecular flexibility index (Phi) is 7.79. The van der Waals surface area contributed by atoms with Crippen molar-refractivity contribution >= 4 is 23.0 Å². The fourth-order valence-electron chi connectivity index (χ4n) is 4.50. The fraction of sp³-hybridized carbons (Fsp3) is 0.667. The van der Waals surface area contributed by atoms with E-state index in [4.69, 9.17) is 21.9 Å². The van der Waals surface area contributed by atoms with Crippen molar-refractivity contribution in [3.8, 4) is 0 Å². The van der Waals surface area contributed by atoms with Crippen LogP contribution in [0.2, 0.25) is 0 Å². The SMILES string of the molecule is CCOC(=O)c1c(N)c(N)c(N)c(CC)c1C(CC)C(CC)(CC)CC. The highest BCUT2D eigenvalue weighted by Crippen LogP contribution is 2.51. The number of hydrogen-bond donors (Lipinski definition) is 3. The molecule has 0 saturated heterocycles. The summed E-state index contributed by atoms with van der Waals surface area (Å²) in [6, 6.07) is 0. The van der Waals surface area contributed by atoms with E-state index in [0.717, 1.165) is 36.8 Å². The standard InChI is InChI=1S/C21H37N3O2/c1-7-13-15(14(8-2)21(9-3,10-4)11-5)16(20(25)26-12-6)18(23)19(24)17(13)22/h14H,7-12,22-24H2,1-6H3. The molecule has 0 bridgehead atoms. The van der Waals surface area contributed by atoms with Gasteiger partial charge in [0, 0.05) is 0 Å². The first-order chi connectivity index (χ1) is 12.3. The maximum atomic E-state index is 12.8. The van der Waals surface area contributed by atoms with Crippen molar-refractivity contribution in [2.45, 2.75) is 79.6 Å². The maximum Gasteiger partial charge on any atom is 0.340 e. The summed E-state index contributed by atoms with van der Waals surface area (Å²) in [5.41, 5.74) is 22.2. The van der Waals surface area contributed by atoms with Crippen LogP contribution in [0, 0.1) is 5.41 Å². The summed E-state index contributed by atoms with van der Waals surface area (Å²) in [4.78, 5) is 12.8. The number of anilines is 3. The van der Waals surface area contributed by atoms with Crippen LogP contribution in [0.15, 0.2) is 0 Å². The fourth-order valence-corrected chi connectivity index (χ4v) is 4.50. The smallest absolute Gasteiger partial charge is 0.340 e. The van der Waals surface area contributed by atoms with Gasteiger partial charge in [0.25, 0.3) is 0 Å². The molecule has 1 aromatic carbocycles. The molecule has 1 rings (SSSR count). The summed E-state index contributed by atoms with van der Waals surface area (Å²) in [6.07, 6.45) is 4.66. The highest BCUT2D eigenvalue weighted by Gasteiger charge is 2.39. The Morgan fingerprint density at radius 3 is 1.85 bits per heavy atom. The Hall–Kier alpha value is -1.91. The minimum Gasteiger partial charge on any atom is -0.462 e. The molecular weight excluding hydrogens is 326 g/mol. The van der Waals surface area contributed by atoms with Crippen molar-refractivity contribution in [3.63, 3.8) is 0 Å². The van der Waals surface area contributed by atoms with E-state index in [1.165, 1.54) is 0 Å².